The van der Waals surface area contributed by atoms with Crippen LogP contribution in [0.3, 0.4) is 0 Å². The van der Waals surface area contributed by atoms with Crippen LogP contribution >= 0.6 is 0 Å². The van der Waals surface area contributed by atoms with Crippen LogP contribution in [0.1, 0.15) is 10.4 Å². The number of hydrogen-bond acceptors (Lipinski definition) is 9. The van der Waals surface area contributed by atoms with Crippen LogP contribution in [0.15, 0.2) is 24.3 Å². The van der Waals surface area contributed by atoms with Crippen molar-refractivity contribution in [2.24, 2.45) is 0 Å². The Hall–Kier alpha value is -2.20. The molecule has 5 unspecified atom stereocenters. The average Bonchev–Trinajstić information content (AvgIpc) is 2.61. The molecule has 132 valence electrons. The lowest BCUT2D eigenvalue weighted by molar-refractivity contribution is -0.271. The Morgan fingerprint density at radius 3 is 2.29 bits per heavy atom. The molecule has 1 fully saturated rings. The second-order valence-corrected chi connectivity index (χ2v) is 5.03. The van der Waals surface area contributed by atoms with Crippen molar-refractivity contribution in [3.05, 3.63) is 29.8 Å². The quantitative estimate of drug-likeness (QED) is 0.579. The van der Waals surface area contributed by atoms with Gasteiger partial charge in [0.1, 0.15) is 29.6 Å². The minimum absolute atomic E-state index is 0.0144. The summed E-state index contributed by atoms with van der Waals surface area (Å²) in [6, 6.07) is 6.00. The van der Waals surface area contributed by atoms with Gasteiger partial charge in [-0.05, 0) is 12.1 Å². The van der Waals surface area contributed by atoms with E-state index in [-0.39, 0.29) is 11.3 Å². The molecule has 9 heteroatoms. The summed E-state index contributed by atoms with van der Waals surface area (Å²) in [5.74, 6) is -1.61. The maximum absolute atomic E-state index is 11.7. The maximum Gasteiger partial charge on any atom is 0.341 e. The Morgan fingerprint density at radius 2 is 1.67 bits per heavy atom. The molecule has 0 radical (unpaired) electrons. The predicted molar refractivity (Wildman–Crippen MR) is 77.1 cm³/mol. The van der Waals surface area contributed by atoms with Gasteiger partial charge in [-0.2, -0.15) is 0 Å². The molecule has 9 nitrogen and oxygen atoms in total. The van der Waals surface area contributed by atoms with Crippen molar-refractivity contribution < 1.29 is 43.9 Å². The highest BCUT2D eigenvalue weighted by Crippen LogP contribution is 2.27. The first-order valence-corrected chi connectivity index (χ1v) is 7.02. The number of esters is 2. The fourth-order valence-electron chi connectivity index (χ4n) is 2.23. The van der Waals surface area contributed by atoms with E-state index in [0.717, 1.165) is 7.11 Å². The zero-order valence-corrected chi connectivity index (χ0v) is 13.0. The Morgan fingerprint density at radius 1 is 1.00 bits per heavy atom. The Bertz CT molecular complexity index is 602. The van der Waals surface area contributed by atoms with Gasteiger partial charge < -0.3 is 34.3 Å². The van der Waals surface area contributed by atoms with E-state index in [1.54, 1.807) is 12.1 Å². The molecule has 0 aromatic heterocycles. The molecule has 0 amide bonds. The van der Waals surface area contributed by atoms with Crippen LogP contribution in [0.5, 0.6) is 5.75 Å². The highest BCUT2D eigenvalue weighted by atomic mass is 16.7. The molecule has 1 heterocycles. The molecular weight excluding hydrogens is 324 g/mol. The normalized spacial score (nSPS) is 29.6. The summed E-state index contributed by atoms with van der Waals surface area (Å²) in [7, 11) is 2.27. The summed E-state index contributed by atoms with van der Waals surface area (Å²) in [5, 5.41) is 29.7. The first-order valence-electron chi connectivity index (χ1n) is 7.02. The molecule has 3 N–H and O–H groups in total. The predicted octanol–water partition coefficient (Wildman–Crippen LogP) is -1.17. The maximum atomic E-state index is 11.7. The van der Waals surface area contributed by atoms with Crippen molar-refractivity contribution in [2.75, 3.05) is 14.2 Å². The molecule has 24 heavy (non-hydrogen) atoms. The summed E-state index contributed by atoms with van der Waals surface area (Å²) >= 11 is 0. The molecule has 1 saturated heterocycles. The van der Waals surface area contributed by atoms with Gasteiger partial charge in [0.25, 0.3) is 0 Å². The van der Waals surface area contributed by atoms with E-state index in [9.17, 15) is 24.9 Å². The molecule has 1 aliphatic rings. The molecule has 0 aliphatic carbocycles. The largest absolute Gasteiger partial charge is 0.467 e. The number of carbonyl (C=O) groups excluding carboxylic acids is 2. The minimum Gasteiger partial charge on any atom is -0.467 e. The van der Waals surface area contributed by atoms with Gasteiger partial charge in [0.05, 0.1) is 14.2 Å². The lowest BCUT2D eigenvalue weighted by atomic mass is 9.99. The van der Waals surface area contributed by atoms with Gasteiger partial charge in [-0.25, -0.2) is 9.59 Å². The molecular formula is C15H18O9. The van der Waals surface area contributed by atoms with Gasteiger partial charge in [0.15, 0.2) is 6.10 Å². The number of carbonyl (C=O) groups is 2. The van der Waals surface area contributed by atoms with E-state index in [1.165, 1.54) is 19.2 Å². The number of aliphatic hydroxyl groups excluding tert-OH is 3. The van der Waals surface area contributed by atoms with Gasteiger partial charge in [0, 0.05) is 0 Å². The highest BCUT2D eigenvalue weighted by molar-refractivity contribution is 5.92. The summed E-state index contributed by atoms with van der Waals surface area (Å²) in [6.07, 6.45) is -8.13. The van der Waals surface area contributed by atoms with E-state index in [1.807, 2.05) is 0 Å². The molecule has 0 bridgehead atoms. The van der Waals surface area contributed by atoms with Crippen molar-refractivity contribution >= 4 is 11.9 Å². The van der Waals surface area contributed by atoms with Crippen LogP contribution < -0.4 is 4.74 Å². The van der Waals surface area contributed by atoms with Gasteiger partial charge in [-0.15, -0.1) is 0 Å². The fraction of sp³-hybridized carbons (Fsp3) is 0.467. The molecule has 5 atom stereocenters. The Labute approximate surface area is 137 Å². The second-order valence-electron chi connectivity index (χ2n) is 5.03. The van der Waals surface area contributed by atoms with E-state index in [4.69, 9.17) is 9.47 Å². The smallest absolute Gasteiger partial charge is 0.341 e. The van der Waals surface area contributed by atoms with Crippen LogP contribution in [-0.4, -0.2) is 72.2 Å². The number of aliphatic hydroxyl groups is 3. The second kappa shape index (κ2) is 7.58. The number of benzene rings is 1. The van der Waals surface area contributed by atoms with Gasteiger partial charge >= 0.3 is 11.9 Å². The number of methoxy groups -OCH3 is 2. The van der Waals surface area contributed by atoms with Crippen molar-refractivity contribution in [1.29, 1.82) is 0 Å². The molecule has 1 aromatic rings. The summed E-state index contributed by atoms with van der Waals surface area (Å²) < 4.78 is 19.7. The van der Waals surface area contributed by atoms with Crippen LogP contribution in [0.2, 0.25) is 0 Å². The van der Waals surface area contributed by atoms with Crippen molar-refractivity contribution in [1.82, 2.24) is 0 Å². The third-order valence-corrected chi connectivity index (χ3v) is 3.54. The van der Waals surface area contributed by atoms with E-state index >= 15 is 0 Å². The van der Waals surface area contributed by atoms with Crippen molar-refractivity contribution in [2.45, 2.75) is 30.7 Å². The molecule has 0 spiro atoms. The zero-order valence-electron chi connectivity index (χ0n) is 13.0. The molecule has 2 rings (SSSR count). The summed E-state index contributed by atoms with van der Waals surface area (Å²) in [5.41, 5.74) is 0.0611. The average molecular weight is 342 g/mol. The Kier molecular flexibility index (Phi) is 5.73. The van der Waals surface area contributed by atoms with Crippen LogP contribution in [-0.2, 0) is 19.0 Å². The number of hydrogen-bond donors (Lipinski definition) is 3. The first kappa shape index (κ1) is 18.1. The lowest BCUT2D eigenvalue weighted by Crippen LogP contribution is -2.61. The van der Waals surface area contributed by atoms with Crippen LogP contribution in [0.25, 0.3) is 0 Å². The third-order valence-electron chi connectivity index (χ3n) is 3.54. The van der Waals surface area contributed by atoms with Gasteiger partial charge in [-0.3, -0.25) is 0 Å². The molecule has 1 aliphatic heterocycles. The topological polar surface area (TPSA) is 132 Å². The fourth-order valence-corrected chi connectivity index (χ4v) is 2.23. The van der Waals surface area contributed by atoms with Crippen LogP contribution in [0, 0.1) is 0 Å². The van der Waals surface area contributed by atoms with Crippen molar-refractivity contribution in [3.63, 3.8) is 0 Å². The zero-order chi connectivity index (χ0) is 17.9. The van der Waals surface area contributed by atoms with Gasteiger partial charge in [-0.1, -0.05) is 12.1 Å². The van der Waals surface area contributed by atoms with Crippen molar-refractivity contribution in [3.8, 4) is 5.75 Å². The number of ether oxygens (including phenoxy) is 4. The number of rotatable bonds is 4. The molecule has 0 saturated carbocycles. The van der Waals surface area contributed by atoms with Gasteiger partial charge in [0.2, 0.25) is 6.29 Å². The minimum atomic E-state index is -1.71. The van der Waals surface area contributed by atoms with E-state index in [2.05, 4.69) is 9.47 Å². The number of para-hydroxylation sites is 1. The standard InChI is InChI=1S/C15H18O9/c1-21-13(19)7-5-3-4-6-8(7)23-15-11(18)9(16)10(17)12(24-15)14(20)22-2/h3-6,9-12,15-18H,1-2H3. The Balaban J connectivity index is 2.25. The highest BCUT2D eigenvalue weighted by Gasteiger charge is 2.48. The SMILES string of the molecule is COC(=O)c1ccccc1OC1OC(C(=O)OC)C(O)C(O)C1O. The van der Waals surface area contributed by atoms with E-state index in [0.29, 0.717) is 0 Å². The third kappa shape index (κ3) is 3.49. The monoisotopic (exact) mass is 342 g/mol. The van der Waals surface area contributed by atoms with Crippen LogP contribution in [0.4, 0.5) is 0 Å². The summed E-state index contributed by atoms with van der Waals surface area (Å²) in [4.78, 5) is 23.3. The first-order chi connectivity index (χ1) is 11.4. The lowest BCUT2D eigenvalue weighted by Gasteiger charge is -2.38. The summed E-state index contributed by atoms with van der Waals surface area (Å²) in [6.45, 7) is 0. The van der Waals surface area contributed by atoms with E-state index < -0.39 is 42.6 Å². The molecule has 1 aromatic carbocycles.